The molecular weight excluding hydrogens is 204 g/mol. The first-order valence-corrected chi connectivity index (χ1v) is 5.13. The van der Waals surface area contributed by atoms with Crippen molar-refractivity contribution >= 4 is 0 Å². The zero-order valence-electron chi connectivity index (χ0n) is 9.09. The monoisotopic (exact) mass is 218 g/mol. The molecule has 0 amide bonds. The zero-order chi connectivity index (χ0) is 11.4. The van der Waals surface area contributed by atoms with Crippen LogP contribution in [0.25, 0.3) is 0 Å². The highest BCUT2D eigenvalue weighted by molar-refractivity contribution is 5.28. The van der Waals surface area contributed by atoms with E-state index >= 15 is 0 Å². The van der Waals surface area contributed by atoms with Gasteiger partial charge in [-0.2, -0.15) is 0 Å². The minimum Gasteiger partial charge on any atom is -0.486 e. The maximum Gasteiger partial charge on any atom is 0.174 e. The van der Waals surface area contributed by atoms with Gasteiger partial charge in [0.25, 0.3) is 0 Å². The third kappa shape index (κ3) is 2.61. The van der Waals surface area contributed by atoms with Crippen molar-refractivity contribution in [1.82, 2.24) is 5.16 Å². The van der Waals surface area contributed by atoms with Gasteiger partial charge in [-0.05, 0) is 24.6 Å². The molecule has 1 aromatic heterocycles. The molecule has 4 nitrogen and oxygen atoms in total. The molecule has 0 saturated heterocycles. The van der Waals surface area contributed by atoms with E-state index in [1.807, 2.05) is 31.2 Å². The van der Waals surface area contributed by atoms with E-state index in [9.17, 15) is 0 Å². The molecular formula is C12H14N2O2. The first-order valence-electron chi connectivity index (χ1n) is 5.13. The fourth-order valence-electron chi connectivity index (χ4n) is 1.34. The van der Waals surface area contributed by atoms with E-state index in [1.54, 1.807) is 12.3 Å². The molecule has 1 heterocycles. The smallest absolute Gasteiger partial charge is 0.174 e. The molecule has 0 aliphatic heterocycles. The van der Waals surface area contributed by atoms with Crippen molar-refractivity contribution in [2.24, 2.45) is 5.73 Å². The van der Waals surface area contributed by atoms with Crippen LogP contribution in [-0.2, 0) is 6.61 Å². The maximum atomic E-state index is 5.75. The lowest BCUT2D eigenvalue weighted by molar-refractivity contribution is 0.249. The second-order valence-corrected chi connectivity index (χ2v) is 3.63. The van der Waals surface area contributed by atoms with Gasteiger partial charge in [0, 0.05) is 12.1 Å². The van der Waals surface area contributed by atoms with E-state index in [1.165, 1.54) is 0 Å². The van der Waals surface area contributed by atoms with Crippen LogP contribution < -0.4 is 10.5 Å². The van der Waals surface area contributed by atoms with Crippen LogP contribution in [-0.4, -0.2) is 5.16 Å². The van der Waals surface area contributed by atoms with Crippen molar-refractivity contribution in [3.63, 3.8) is 0 Å². The fraction of sp³-hybridized carbons (Fsp3) is 0.250. The fourth-order valence-corrected chi connectivity index (χ4v) is 1.34. The largest absolute Gasteiger partial charge is 0.486 e. The van der Waals surface area contributed by atoms with E-state index in [0.717, 1.165) is 11.3 Å². The highest BCUT2D eigenvalue weighted by Gasteiger charge is 2.01. The predicted octanol–water partition coefficient (Wildman–Crippen LogP) is 2.27. The van der Waals surface area contributed by atoms with Gasteiger partial charge in [0.2, 0.25) is 0 Å². The van der Waals surface area contributed by atoms with E-state index in [-0.39, 0.29) is 6.04 Å². The van der Waals surface area contributed by atoms with Crippen molar-refractivity contribution in [2.75, 3.05) is 0 Å². The Balaban J connectivity index is 1.95. The molecule has 0 fully saturated rings. The summed E-state index contributed by atoms with van der Waals surface area (Å²) in [5.74, 6) is 1.50. The molecule has 0 aliphatic carbocycles. The molecule has 1 atom stereocenters. The maximum absolute atomic E-state index is 5.75. The van der Waals surface area contributed by atoms with Gasteiger partial charge >= 0.3 is 0 Å². The highest BCUT2D eigenvalue weighted by Crippen LogP contribution is 2.17. The Morgan fingerprint density at radius 2 is 2.06 bits per heavy atom. The minimum atomic E-state index is 0.0447. The third-order valence-corrected chi connectivity index (χ3v) is 2.28. The normalized spacial score (nSPS) is 12.4. The van der Waals surface area contributed by atoms with Crippen molar-refractivity contribution in [3.05, 3.63) is 47.9 Å². The summed E-state index contributed by atoms with van der Waals surface area (Å²) >= 11 is 0. The van der Waals surface area contributed by atoms with E-state index in [4.69, 9.17) is 15.0 Å². The van der Waals surface area contributed by atoms with Gasteiger partial charge in [0.1, 0.15) is 12.4 Å². The Kier molecular flexibility index (Phi) is 3.22. The summed E-state index contributed by atoms with van der Waals surface area (Å²) in [6.45, 7) is 2.34. The van der Waals surface area contributed by atoms with Crippen LogP contribution in [0.3, 0.4) is 0 Å². The molecule has 0 saturated carbocycles. The van der Waals surface area contributed by atoms with Crippen molar-refractivity contribution in [3.8, 4) is 5.75 Å². The van der Waals surface area contributed by atoms with Gasteiger partial charge in [0.15, 0.2) is 5.76 Å². The topological polar surface area (TPSA) is 61.3 Å². The molecule has 0 radical (unpaired) electrons. The average molecular weight is 218 g/mol. The summed E-state index contributed by atoms with van der Waals surface area (Å²) in [4.78, 5) is 0. The van der Waals surface area contributed by atoms with E-state index < -0.39 is 0 Å². The molecule has 0 spiro atoms. The number of nitrogens with two attached hydrogens (primary N) is 1. The van der Waals surface area contributed by atoms with Gasteiger partial charge < -0.3 is 15.0 Å². The number of hydrogen-bond acceptors (Lipinski definition) is 4. The van der Waals surface area contributed by atoms with Crippen molar-refractivity contribution in [1.29, 1.82) is 0 Å². The average Bonchev–Trinajstić information content (AvgIpc) is 2.80. The molecule has 2 N–H and O–H groups in total. The molecule has 1 aromatic carbocycles. The molecule has 0 aliphatic rings. The lowest BCUT2D eigenvalue weighted by Crippen LogP contribution is -2.04. The molecule has 84 valence electrons. The van der Waals surface area contributed by atoms with Gasteiger partial charge in [-0.25, -0.2) is 0 Å². The van der Waals surface area contributed by atoms with Gasteiger partial charge in [-0.3, -0.25) is 0 Å². The molecule has 2 rings (SSSR count). The lowest BCUT2D eigenvalue weighted by atomic mass is 10.1. The number of aromatic nitrogens is 1. The zero-order valence-corrected chi connectivity index (χ0v) is 9.09. The predicted molar refractivity (Wildman–Crippen MR) is 59.9 cm³/mol. The van der Waals surface area contributed by atoms with Crippen LogP contribution in [0, 0.1) is 0 Å². The van der Waals surface area contributed by atoms with Crippen LogP contribution in [0.15, 0.2) is 41.1 Å². The molecule has 0 unspecified atom stereocenters. The van der Waals surface area contributed by atoms with Gasteiger partial charge in [-0.15, -0.1) is 0 Å². The van der Waals surface area contributed by atoms with E-state index in [2.05, 4.69) is 5.16 Å². The molecule has 0 bridgehead atoms. The van der Waals surface area contributed by atoms with Crippen LogP contribution in [0.4, 0.5) is 0 Å². The third-order valence-electron chi connectivity index (χ3n) is 2.28. The van der Waals surface area contributed by atoms with Crippen molar-refractivity contribution in [2.45, 2.75) is 19.6 Å². The molecule has 4 heteroatoms. The number of hydrogen-bond donors (Lipinski definition) is 1. The summed E-state index contributed by atoms with van der Waals surface area (Å²) in [6, 6.07) is 9.53. The molecule has 2 aromatic rings. The number of benzene rings is 1. The van der Waals surface area contributed by atoms with Crippen LogP contribution in [0.2, 0.25) is 0 Å². The molecule has 16 heavy (non-hydrogen) atoms. The Morgan fingerprint density at radius 1 is 1.31 bits per heavy atom. The summed E-state index contributed by atoms with van der Waals surface area (Å²) < 4.78 is 10.4. The second-order valence-electron chi connectivity index (χ2n) is 3.63. The first-order chi connectivity index (χ1) is 7.75. The highest BCUT2D eigenvalue weighted by atomic mass is 16.5. The number of ether oxygens (including phenoxy) is 1. The summed E-state index contributed by atoms with van der Waals surface area (Å²) in [5.41, 5.74) is 6.84. The Hall–Kier alpha value is -1.81. The summed E-state index contributed by atoms with van der Waals surface area (Å²) in [5, 5.41) is 3.60. The van der Waals surface area contributed by atoms with Gasteiger partial charge in [-0.1, -0.05) is 17.3 Å². The van der Waals surface area contributed by atoms with Gasteiger partial charge in [0.05, 0.1) is 6.20 Å². The SMILES string of the molecule is C[C@H](N)c1ccc(OCc2ccno2)cc1. The Bertz CT molecular complexity index is 421. The summed E-state index contributed by atoms with van der Waals surface area (Å²) in [7, 11) is 0. The van der Waals surface area contributed by atoms with Crippen molar-refractivity contribution < 1.29 is 9.26 Å². The van der Waals surface area contributed by atoms with Crippen LogP contribution >= 0.6 is 0 Å². The minimum absolute atomic E-state index is 0.0447. The lowest BCUT2D eigenvalue weighted by Gasteiger charge is -2.07. The Morgan fingerprint density at radius 3 is 2.62 bits per heavy atom. The standard InChI is InChI=1S/C12H14N2O2/c1-9(13)10-2-4-11(5-3-10)15-8-12-6-7-14-16-12/h2-7,9H,8,13H2,1H3/t9-/m0/s1. The number of nitrogens with zero attached hydrogens (tertiary/aromatic N) is 1. The summed E-state index contributed by atoms with van der Waals surface area (Å²) in [6.07, 6.45) is 1.60. The van der Waals surface area contributed by atoms with Crippen LogP contribution in [0.1, 0.15) is 24.3 Å². The van der Waals surface area contributed by atoms with Crippen LogP contribution in [0.5, 0.6) is 5.75 Å². The van der Waals surface area contributed by atoms with E-state index in [0.29, 0.717) is 12.4 Å². The Labute approximate surface area is 94.0 Å². The second kappa shape index (κ2) is 4.81. The quantitative estimate of drug-likeness (QED) is 0.855. The first kappa shape index (κ1) is 10.7. The number of rotatable bonds is 4.